The Balaban J connectivity index is 1.16. The molecule has 0 amide bonds. The molecule has 0 saturated heterocycles. The normalized spacial score (nSPS) is 13.3. The molecule has 9 aromatic rings. The second kappa shape index (κ2) is 10.4. The minimum Gasteiger partial charge on any atom is -0.454 e. The topological polar surface area (TPSA) is 16.4 Å². The van der Waals surface area contributed by atoms with Crippen molar-refractivity contribution in [1.82, 2.24) is 0 Å². The first-order chi connectivity index (χ1) is 24.0. The van der Waals surface area contributed by atoms with E-state index in [0.717, 1.165) is 39.0 Å². The predicted octanol–water partition coefficient (Wildman–Crippen LogP) is 13.3. The molecule has 1 aliphatic carbocycles. The Bertz CT molecular complexity index is 2730. The van der Waals surface area contributed by atoms with Gasteiger partial charge in [-0.3, -0.25) is 0 Å². The number of nitrogens with zero attached hydrogens (tertiary/aromatic N) is 1. The summed E-state index contributed by atoms with van der Waals surface area (Å²) in [6.07, 6.45) is 0. The Morgan fingerprint density at radius 1 is 0.449 bits per heavy atom. The monoisotopic (exact) mass is 627 g/mol. The maximum atomic E-state index is 6.60. The average Bonchev–Trinajstić information content (AvgIpc) is 3.63. The van der Waals surface area contributed by atoms with E-state index in [0.29, 0.717) is 0 Å². The molecule has 1 aromatic heterocycles. The Labute approximate surface area is 285 Å². The maximum Gasteiger partial charge on any atom is 0.159 e. The van der Waals surface area contributed by atoms with Gasteiger partial charge in [-0.15, -0.1) is 0 Å². The van der Waals surface area contributed by atoms with Crippen LogP contribution < -0.4 is 4.90 Å². The third-order valence-electron chi connectivity index (χ3n) is 10.6. The smallest absolute Gasteiger partial charge is 0.159 e. The molecule has 0 spiro atoms. The number of furan rings is 1. The van der Waals surface area contributed by atoms with Crippen LogP contribution in [0, 0.1) is 0 Å². The van der Waals surface area contributed by atoms with Gasteiger partial charge in [0.1, 0.15) is 5.58 Å². The minimum absolute atomic E-state index is 0.105. The molecule has 232 valence electrons. The van der Waals surface area contributed by atoms with Gasteiger partial charge in [0.15, 0.2) is 5.58 Å². The Morgan fingerprint density at radius 2 is 1.04 bits per heavy atom. The van der Waals surface area contributed by atoms with Crippen molar-refractivity contribution in [1.29, 1.82) is 0 Å². The van der Waals surface area contributed by atoms with Gasteiger partial charge in [-0.05, 0) is 116 Å². The first kappa shape index (κ1) is 27.9. The highest BCUT2D eigenvalue weighted by molar-refractivity contribution is 6.10. The molecular formula is C47H33NO. The largest absolute Gasteiger partial charge is 0.454 e. The van der Waals surface area contributed by atoms with E-state index in [2.05, 4.69) is 176 Å². The third kappa shape index (κ3) is 4.27. The first-order valence-electron chi connectivity index (χ1n) is 17.0. The van der Waals surface area contributed by atoms with E-state index in [4.69, 9.17) is 4.42 Å². The fourth-order valence-corrected chi connectivity index (χ4v) is 8.06. The van der Waals surface area contributed by atoms with Crippen LogP contribution in [0.5, 0.6) is 0 Å². The Hall–Kier alpha value is -6.12. The van der Waals surface area contributed by atoms with E-state index in [9.17, 15) is 0 Å². The first-order valence-corrected chi connectivity index (χ1v) is 17.0. The lowest BCUT2D eigenvalue weighted by Crippen LogP contribution is -2.15. The zero-order valence-electron chi connectivity index (χ0n) is 27.4. The van der Waals surface area contributed by atoms with Gasteiger partial charge in [-0.2, -0.15) is 0 Å². The van der Waals surface area contributed by atoms with Gasteiger partial charge in [-0.1, -0.05) is 117 Å². The highest BCUT2D eigenvalue weighted by atomic mass is 16.3. The summed E-state index contributed by atoms with van der Waals surface area (Å²) in [6.45, 7) is 4.73. The average molecular weight is 628 g/mol. The zero-order chi connectivity index (χ0) is 32.7. The van der Waals surface area contributed by atoms with Crippen molar-refractivity contribution < 1.29 is 4.42 Å². The number of hydrogen-bond acceptors (Lipinski definition) is 2. The molecule has 0 bridgehead atoms. The molecule has 1 heterocycles. The zero-order valence-corrected chi connectivity index (χ0v) is 27.4. The number of para-hydroxylation sites is 2. The van der Waals surface area contributed by atoms with Crippen molar-refractivity contribution in [3.05, 3.63) is 175 Å². The standard InChI is InChI=1S/C47H33NO/c1-47(2)42-28-33-14-7-6-13-32(33)26-40(42)41-27-34-21-24-37(25-35(34)29-43(41)47)48(36-22-19-31(20-23-36)30-11-4-3-5-12-30)44-17-10-16-39-38-15-8-9-18-45(38)49-46(39)44/h3-29H,1-2H3. The number of rotatable bonds is 4. The van der Waals surface area contributed by atoms with Crippen LogP contribution in [-0.4, -0.2) is 0 Å². The van der Waals surface area contributed by atoms with Crippen molar-refractivity contribution >= 4 is 60.5 Å². The molecule has 0 saturated carbocycles. The van der Waals surface area contributed by atoms with Crippen molar-refractivity contribution in [3.8, 4) is 22.3 Å². The molecule has 49 heavy (non-hydrogen) atoms. The van der Waals surface area contributed by atoms with E-state index in [-0.39, 0.29) is 5.41 Å². The van der Waals surface area contributed by atoms with E-state index in [1.165, 1.54) is 54.9 Å². The maximum absolute atomic E-state index is 6.60. The second-order valence-electron chi connectivity index (χ2n) is 13.8. The number of anilines is 3. The molecule has 0 fully saturated rings. The Kier molecular flexibility index (Phi) is 5.95. The van der Waals surface area contributed by atoms with Crippen molar-refractivity contribution in [2.75, 3.05) is 4.90 Å². The minimum atomic E-state index is -0.105. The number of hydrogen-bond donors (Lipinski definition) is 0. The van der Waals surface area contributed by atoms with Crippen molar-refractivity contribution in [2.45, 2.75) is 19.3 Å². The molecule has 10 rings (SSSR count). The molecule has 1 aliphatic rings. The fourth-order valence-electron chi connectivity index (χ4n) is 8.06. The van der Waals surface area contributed by atoms with Gasteiger partial charge in [-0.25, -0.2) is 0 Å². The van der Waals surface area contributed by atoms with Crippen LogP contribution in [0.15, 0.2) is 168 Å². The molecule has 2 nitrogen and oxygen atoms in total. The summed E-state index contributed by atoms with van der Waals surface area (Å²) < 4.78 is 6.60. The molecular weight excluding hydrogens is 595 g/mol. The summed E-state index contributed by atoms with van der Waals surface area (Å²) in [6, 6.07) is 59.4. The molecule has 0 N–H and O–H groups in total. The molecule has 0 unspecified atom stereocenters. The summed E-state index contributed by atoms with van der Waals surface area (Å²) >= 11 is 0. The molecule has 8 aromatic carbocycles. The van der Waals surface area contributed by atoms with Crippen LogP contribution in [0.2, 0.25) is 0 Å². The van der Waals surface area contributed by atoms with Crippen LogP contribution >= 0.6 is 0 Å². The van der Waals surface area contributed by atoms with Crippen LogP contribution in [0.1, 0.15) is 25.0 Å². The number of benzene rings is 8. The fraction of sp³-hybridized carbons (Fsp3) is 0.0638. The lowest BCUT2D eigenvalue weighted by atomic mass is 9.81. The van der Waals surface area contributed by atoms with Crippen molar-refractivity contribution in [3.63, 3.8) is 0 Å². The highest BCUT2D eigenvalue weighted by Gasteiger charge is 2.36. The van der Waals surface area contributed by atoms with Gasteiger partial charge in [0.2, 0.25) is 0 Å². The third-order valence-corrected chi connectivity index (χ3v) is 10.6. The second-order valence-corrected chi connectivity index (χ2v) is 13.8. The molecule has 0 atom stereocenters. The lowest BCUT2D eigenvalue weighted by Gasteiger charge is -2.26. The van der Waals surface area contributed by atoms with Crippen LogP contribution in [-0.2, 0) is 5.41 Å². The Morgan fingerprint density at radius 3 is 1.82 bits per heavy atom. The summed E-state index contributed by atoms with van der Waals surface area (Å²) in [4.78, 5) is 2.35. The highest BCUT2D eigenvalue weighted by Crippen LogP contribution is 2.51. The van der Waals surface area contributed by atoms with Gasteiger partial charge < -0.3 is 9.32 Å². The SMILES string of the molecule is CC1(C)c2cc3ccccc3cc2-c2cc3ccc(N(c4ccc(-c5ccccc5)cc4)c4cccc5c4oc4ccccc45)cc3cc21. The van der Waals surface area contributed by atoms with Gasteiger partial charge in [0, 0.05) is 27.6 Å². The van der Waals surface area contributed by atoms with Crippen LogP contribution in [0.3, 0.4) is 0 Å². The summed E-state index contributed by atoms with van der Waals surface area (Å²) in [5.74, 6) is 0. The number of fused-ring (bicyclic) bond motifs is 8. The molecule has 0 aliphatic heterocycles. The molecule has 0 radical (unpaired) electrons. The van der Waals surface area contributed by atoms with Crippen LogP contribution in [0.4, 0.5) is 17.1 Å². The summed E-state index contributed by atoms with van der Waals surface area (Å²) in [7, 11) is 0. The quantitative estimate of drug-likeness (QED) is 0.193. The van der Waals surface area contributed by atoms with Crippen molar-refractivity contribution in [2.24, 2.45) is 0 Å². The van der Waals surface area contributed by atoms with Gasteiger partial charge in [0.25, 0.3) is 0 Å². The van der Waals surface area contributed by atoms with E-state index in [1.807, 2.05) is 6.07 Å². The van der Waals surface area contributed by atoms with E-state index >= 15 is 0 Å². The predicted molar refractivity (Wildman–Crippen MR) is 206 cm³/mol. The summed E-state index contributed by atoms with van der Waals surface area (Å²) in [5.41, 5.74) is 12.7. The van der Waals surface area contributed by atoms with Crippen LogP contribution in [0.25, 0.3) is 65.7 Å². The van der Waals surface area contributed by atoms with E-state index in [1.54, 1.807) is 0 Å². The summed E-state index contributed by atoms with van der Waals surface area (Å²) in [5, 5.41) is 7.29. The van der Waals surface area contributed by atoms with E-state index < -0.39 is 0 Å². The van der Waals surface area contributed by atoms with Gasteiger partial charge >= 0.3 is 0 Å². The lowest BCUT2D eigenvalue weighted by molar-refractivity contribution is 0.662. The molecule has 2 heteroatoms. The van der Waals surface area contributed by atoms with Gasteiger partial charge in [0.05, 0.1) is 5.69 Å².